The molecular formula is C47H68ClF2N5O8SSi. The molecule has 2 bridgehead atoms. The minimum atomic E-state index is -4.51. The number of benzene rings is 2. The van der Waals surface area contributed by atoms with E-state index in [-0.39, 0.29) is 61.3 Å². The molecule has 3 heterocycles. The Balaban J connectivity index is 1.22. The number of anilines is 1. The van der Waals surface area contributed by atoms with Gasteiger partial charge in [0.05, 0.1) is 44.5 Å². The quantitative estimate of drug-likeness (QED) is 0.190. The average Bonchev–Trinajstić information content (AvgIpc) is 3.35. The van der Waals surface area contributed by atoms with Gasteiger partial charge in [0, 0.05) is 63.9 Å². The fourth-order valence-corrected chi connectivity index (χ4v) is 11.8. The van der Waals surface area contributed by atoms with E-state index in [2.05, 4.69) is 49.6 Å². The van der Waals surface area contributed by atoms with E-state index in [1.54, 1.807) is 24.1 Å². The Morgan fingerprint density at radius 3 is 2.55 bits per heavy atom. The number of likely N-dealkylation sites (N-methyl/N-ethyl adjacent to an activating group) is 1. The number of amides is 2. The number of nitrogens with zero attached hydrogens (tertiary/aromatic N) is 4. The van der Waals surface area contributed by atoms with E-state index in [0.717, 1.165) is 42.0 Å². The number of alkyl halides is 2. The van der Waals surface area contributed by atoms with E-state index in [1.165, 1.54) is 23.6 Å². The molecule has 0 aromatic heterocycles. The number of aliphatic hydroxyl groups is 1. The van der Waals surface area contributed by atoms with Gasteiger partial charge in [0.15, 0.2) is 13.9 Å². The summed E-state index contributed by atoms with van der Waals surface area (Å²) < 4.78 is 77.3. The Morgan fingerprint density at radius 1 is 1.11 bits per heavy atom. The summed E-state index contributed by atoms with van der Waals surface area (Å²) in [4.78, 5) is 33.9. The van der Waals surface area contributed by atoms with Crippen LogP contribution in [0, 0.1) is 11.8 Å². The van der Waals surface area contributed by atoms with Crippen molar-refractivity contribution < 1.29 is 45.8 Å². The summed E-state index contributed by atoms with van der Waals surface area (Å²) in [5, 5.41) is 13.2. The third-order valence-electron chi connectivity index (χ3n) is 15.0. The molecular weight excluding hydrogens is 896 g/mol. The molecule has 2 amide bonds. The third kappa shape index (κ3) is 10.9. The smallest absolute Gasteiger partial charge is 0.303 e. The number of likely N-dealkylation sites (tertiary alicyclic amines) is 1. The van der Waals surface area contributed by atoms with Crippen molar-refractivity contribution in [1.82, 2.24) is 18.8 Å². The van der Waals surface area contributed by atoms with Crippen molar-refractivity contribution in [2.24, 2.45) is 11.8 Å². The molecule has 0 unspecified atom stereocenters. The van der Waals surface area contributed by atoms with E-state index in [0.29, 0.717) is 55.7 Å². The number of carbonyl (C=O) groups excluding carboxylic acids is 2. The first-order valence-electron chi connectivity index (χ1n) is 23.0. The minimum Gasteiger partial charge on any atom is -0.490 e. The standard InChI is InChI=1S/C47H68ClF2N5O8SSi/c1-44(2,3)65(6,7)63-24-21-53(5)64(59,60)51-43(57)47(58)27-42(56)52(4)20-9-8-12-40(61-23-22-54-30-46(49,50)31-54)37-16-13-34(37)28-55-29-45(32-62-41-18-14-35(47)26-39(41)55)19-10-11-33-25-36(48)15-17-38(33)45/h8,12,14-15,17-18,25-26,34,37,40,58H,9-11,13,16,19-24,27-32H2,1-7H3,(H,51,57)/b12-8+/t34-,37+,40-,45-,47+/m0/s1. The van der Waals surface area contributed by atoms with Crippen LogP contribution in [0.15, 0.2) is 48.6 Å². The van der Waals surface area contributed by atoms with E-state index < -0.39 is 53.7 Å². The number of hydrogen-bond acceptors (Lipinski definition) is 10. The molecule has 1 spiro atoms. The van der Waals surface area contributed by atoms with Gasteiger partial charge in [0.1, 0.15) is 5.75 Å². The first-order chi connectivity index (χ1) is 30.4. The molecule has 1 saturated heterocycles. The fraction of sp³-hybridized carbons (Fsp3) is 0.660. The molecule has 2 fully saturated rings. The van der Waals surface area contributed by atoms with Crippen LogP contribution in [0.3, 0.4) is 0 Å². The summed E-state index contributed by atoms with van der Waals surface area (Å²) in [6, 6.07) is 10.9. The number of rotatable bonds is 11. The van der Waals surface area contributed by atoms with Crippen molar-refractivity contribution in [2.45, 2.75) is 107 Å². The topological polar surface area (TPSA) is 141 Å². The van der Waals surface area contributed by atoms with Crippen LogP contribution in [0.5, 0.6) is 5.75 Å². The van der Waals surface area contributed by atoms with Crippen LogP contribution < -0.4 is 14.4 Å². The Bertz CT molecular complexity index is 2220. The highest BCUT2D eigenvalue weighted by Crippen LogP contribution is 2.48. The van der Waals surface area contributed by atoms with E-state index >= 15 is 0 Å². The second-order valence-electron chi connectivity index (χ2n) is 20.6. The molecule has 1 saturated carbocycles. The lowest BCUT2D eigenvalue weighted by Gasteiger charge is -2.46. The normalized spacial score (nSPS) is 28.1. The molecule has 13 nitrogen and oxygen atoms in total. The predicted octanol–water partition coefficient (Wildman–Crippen LogP) is 6.49. The fourth-order valence-electron chi connectivity index (χ4n) is 9.65. The molecule has 5 atom stereocenters. The Hall–Kier alpha value is -3.16. The van der Waals surface area contributed by atoms with Gasteiger partial charge in [-0.05, 0) is 109 Å². The molecule has 0 radical (unpaired) electrons. The van der Waals surface area contributed by atoms with Crippen LogP contribution in [-0.4, -0.2) is 140 Å². The van der Waals surface area contributed by atoms with Crippen LogP contribution in [0.25, 0.3) is 0 Å². The minimum absolute atomic E-state index is 0.0453. The molecule has 65 heavy (non-hydrogen) atoms. The first-order valence-corrected chi connectivity index (χ1v) is 27.7. The van der Waals surface area contributed by atoms with Crippen molar-refractivity contribution in [2.75, 3.05) is 84.6 Å². The van der Waals surface area contributed by atoms with Gasteiger partial charge in [-0.3, -0.25) is 14.5 Å². The lowest BCUT2D eigenvalue weighted by Crippen LogP contribution is -2.57. The zero-order valence-electron chi connectivity index (χ0n) is 39.0. The molecule has 2 N–H and O–H groups in total. The largest absolute Gasteiger partial charge is 0.490 e. The highest BCUT2D eigenvalue weighted by Gasteiger charge is 2.48. The van der Waals surface area contributed by atoms with Gasteiger partial charge in [-0.2, -0.15) is 12.7 Å². The SMILES string of the molecule is CN1CC/C=C/[C@H](OCCN2CC(F)(F)C2)[C@@H]2CC[C@H]2CN2C[C@@]3(CCCc4cc(Cl)ccc43)COc3ccc(cc32)[C@@](O)(C(=O)NS(=O)(=O)N(C)CCO[Si](C)(C)C(C)(C)C)CC1=O. The monoisotopic (exact) mass is 963 g/mol. The molecule has 18 heteroatoms. The summed E-state index contributed by atoms with van der Waals surface area (Å²) in [6.45, 7) is 12.3. The zero-order valence-corrected chi connectivity index (χ0v) is 41.6. The van der Waals surface area contributed by atoms with E-state index in [1.807, 2.05) is 24.3 Å². The highest BCUT2D eigenvalue weighted by atomic mass is 35.5. The first kappa shape index (κ1) is 49.7. The van der Waals surface area contributed by atoms with Crippen LogP contribution >= 0.6 is 11.6 Å². The van der Waals surface area contributed by atoms with Gasteiger partial charge < -0.3 is 28.8 Å². The zero-order chi connectivity index (χ0) is 47.2. The lowest BCUT2D eigenvalue weighted by molar-refractivity contribution is -0.148. The Kier molecular flexibility index (Phi) is 14.6. The number of nitrogens with one attached hydrogen (secondary N) is 1. The molecule has 360 valence electrons. The summed E-state index contributed by atoms with van der Waals surface area (Å²) in [6.07, 6.45) is 7.86. The average molecular weight is 965 g/mol. The number of aryl methyl sites for hydroxylation is 1. The lowest BCUT2D eigenvalue weighted by atomic mass is 9.68. The van der Waals surface area contributed by atoms with Crippen molar-refractivity contribution in [1.29, 1.82) is 0 Å². The maximum absolute atomic E-state index is 14.5. The van der Waals surface area contributed by atoms with Gasteiger partial charge in [-0.25, -0.2) is 13.5 Å². The second-order valence-corrected chi connectivity index (χ2v) is 27.6. The molecule has 2 aromatic carbocycles. The summed E-state index contributed by atoms with van der Waals surface area (Å²) in [5.41, 5.74) is -0.0651. The van der Waals surface area contributed by atoms with Crippen LogP contribution in [0.1, 0.15) is 76.0 Å². The summed E-state index contributed by atoms with van der Waals surface area (Å²) in [5.74, 6) is -3.70. The number of fused-ring (bicyclic) bond motifs is 4. The number of ether oxygens (including phenoxy) is 2. The van der Waals surface area contributed by atoms with Crippen LogP contribution in [0.4, 0.5) is 14.5 Å². The Labute approximate surface area is 390 Å². The van der Waals surface area contributed by atoms with Crippen molar-refractivity contribution in [3.63, 3.8) is 0 Å². The maximum atomic E-state index is 14.5. The number of hydrogen-bond donors (Lipinski definition) is 2. The van der Waals surface area contributed by atoms with Gasteiger partial charge in [0.2, 0.25) is 5.91 Å². The van der Waals surface area contributed by atoms with Crippen LogP contribution in [0.2, 0.25) is 23.2 Å². The molecule has 2 aliphatic carbocycles. The number of carbonyl (C=O) groups is 2. The van der Waals surface area contributed by atoms with E-state index in [4.69, 9.17) is 25.5 Å². The van der Waals surface area contributed by atoms with Gasteiger partial charge in [-0.1, -0.05) is 56.7 Å². The van der Waals surface area contributed by atoms with Crippen molar-refractivity contribution >= 4 is 47.6 Å². The molecule has 7 rings (SSSR count). The van der Waals surface area contributed by atoms with Crippen LogP contribution in [-0.2, 0) is 46.4 Å². The third-order valence-corrected chi connectivity index (χ3v) is 21.2. The van der Waals surface area contributed by atoms with Crippen molar-refractivity contribution in [3.8, 4) is 5.75 Å². The van der Waals surface area contributed by atoms with Gasteiger partial charge >= 0.3 is 10.2 Å². The molecule has 3 aliphatic heterocycles. The van der Waals surface area contributed by atoms with Crippen molar-refractivity contribution in [3.05, 3.63) is 70.3 Å². The van der Waals surface area contributed by atoms with Gasteiger partial charge in [-0.15, -0.1) is 0 Å². The maximum Gasteiger partial charge on any atom is 0.303 e. The molecule has 2 aromatic rings. The summed E-state index contributed by atoms with van der Waals surface area (Å²) in [7, 11) is -3.80. The summed E-state index contributed by atoms with van der Waals surface area (Å²) >= 11 is 6.52. The predicted molar refractivity (Wildman–Crippen MR) is 250 cm³/mol. The second kappa shape index (κ2) is 19.1. The van der Waals surface area contributed by atoms with E-state index in [9.17, 15) is 31.9 Å². The number of halogens is 3. The Morgan fingerprint density at radius 2 is 1.86 bits per heavy atom. The highest BCUT2D eigenvalue weighted by molar-refractivity contribution is 7.87. The molecule has 5 aliphatic rings. The van der Waals surface area contributed by atoms with Gasteiger partial charge in [0.25, 0.3) is 11.8 Å².